The number of urea groups is 1. The molecule has 1 aromatic carbocycles. The van der Waals surface area contributed by atoms with Crippen molar-refractivity contribution < 1.29 is 23.9 Å². The third-order valence-electron chi connectivity index (χ3n) is 3.58. The van der Waals surface area contributed by atoms with Gasteiger partial charge in [-0.15, -0.1) is 11.3 Å². The van der Waals surface area contributed by atoms with Crippen molar-refractivity contribution in [1.82, 2.24) is 10.6 Å². The molecule has 0 aliphatic heterocycles. The van der Waals surface area contributed by atoms with Crippen LogP contribution in [-0.2, 0) is 14.3 Å². The fraction of sp³-hybridized carbons (Fsp3) is 0.263. The Morgan fingerprint density at radius 2 is 1.75 bits per heavy atom. The van der Waals surface area contributed by atoms with Gasteiger partial charge in [0, 0.05) is 5.69 Å². The maximum absolute atomic E-state index is 12.3. The second kappa shape index (κ2) is 10.2. The minimum Gasteiger partial charge on any atom is -0.454 e. The lowest BCUT2D eigenvalue weighted by molar-refractivity contribution is -0.151. The molecule has 0 radical (unpaired) electrons. The number of ether oxygens (including phenoxy) is 1. The molecular formula is C19H21N3O5S. The molecule has 2 rings (SSSR count). The van der Waals surface area contributed by atoms with E-state index in [1.54, 1.807) is 61.7 Å². The maximum atomic E-state index is 12.3. The van der Waals surface area contributed by atoms with E-state index in [9.17, 15) is 19.2 Å². The number of thiophene rings is 1. The van der Waals surface area contributed by atoms with Gasteiger partial charge < -0.3 is 15.4 Å². The van der Waals surface area contributed by atoms with Gasteiger partial charge in [-0.1, -0.05) is 38.1 Å². The van der Waals surface area contributed by atoms with E-state index in [-0.39, 0.29) is 5.92 Å². The molecule has 4 amide bonds. The number of para-hydroxylation sites is 1. The molecule has 0 aliphatic rings. The lowest BCUT2D eigenvalue weighted by Gasteiger charge is -2.20. The summed E-state index contributed by atoms with van der Waals surface area (Å²) < 4.78 is 4.95. The highest BCUT2D eigenvalue weighted by Gasteiger charge is 2.27. The predicted molar refractivity (Wildman–Crippen MR) is 105 cm³/mol. The van der Waals surface area contributed by atoms with Crippen LogP contribution in [0.1, 0.15) is 23.5 Å². The van der Waals surface area contributed by atoms with Crippen molar-refractivity contribution in [3.63, 3.8) is 0 Å². The molecule has 0 unspecified atom stereocenters. The Morgan fingerprint density at radius 1 is 1.04 bits per heavy atom. The molecule has 3 N–H and O–H groups in total. The zero-order chi connectivity index (χ0) is 20.5. The quantitative estimate of drug-likeness (QED) is 0.614. The summed E-state index contributed by atoms with van der Waals surface area (Å²) >= 11 is 1.25. The standard InChI is InChI=1S/C19H21N3O5S/c1-12(2)16(22-17(24)14-9-6-10-28-14)18(25)27-11-15(23)21-19(26)20-13-7-4-3-5-8-13/h3-10,12,16H,11H2,1-2H3,(H,22,24)(H2,20,21,23,26)/t16-/m0/s1. The Hall–Kier alpha value is -3.20. The van der Waals surface area contributed by atoms with Gasteiger partial charge in [0.15, 0.2) is 6.61 Å². The van der Waals surface area contributed by atoms with Crippen LogP contribution in [0.2, 0.25) is 0 Å². The summed E-state index contributed by atoms with van der Waals surface area (Å²) in [6.45, 7) is 2.85. The fourth-order valence-corrected chi connectivity index (χ4v) is 2.82. The van der Waals surface area contributed by atoms with Crippen molar-refractivity contribution in [1.29, 1.82) is 0 Å². The number of benzene rings is 1. The van der Waals surface area contributed by atoms with Gasteiger partial charge in [-0.2, -0.15) is 0 Å². The normalized spacial score (nSPS) is 11.4. The van der Waals surface area contributed by atoms with Crippen molar-refractivity contribution in [2.75, 3.05) is 11.9 Å². The summed E-state index contributed by atoms with van der Waals surface area (Å²) in [5.41, 5.74) is 0.515. The van der Waals surface area contributed by atoms with Crippen molar-refractivity contribution >= 4 is 40.8 Å². The molecule has 9 heteroatoms. The number of hydrogen-bond donors (Lipinski definition) is 3. The Morgan fingerprint density at radius 3 is 2.36 bits per heavy atom. The summed E-state index contributed by atoms with van der Waals surface area (Å²) in [4.78, 5) is 48.4. The van der Waals surface area contributed by atoms with Crippen LogP contribution in [0.15, 0.2) is 47.8 Å². The number of nitrogens with one attached hydrogen (secondary N) is 3. The van der Waals surface area contributed by atoms with Gasteiger partial charge in [0.1, 0.15) is 6.04 Å². The van der Waals surface area contributed by atoms with Gasteiger partial charge in [-0.3, -0.25) is 14.9 Å². The van der Waals surface area contributed by atoms with Crippen molar-refractivity contribution in [3.8, 4) is 0 Å². The van der Waals surface area contributed by atoms with E-state index in [1.807, 2.05) is 0 Å². The van der Waals surface area contributed by atoms with Crippen LogP contribution < -0.4 is 16.0 Å². The molecule has 0 spiro atoms. The molecule has 2 aromatic rings. The number of carbonyl (C=O) groups is 4. The Bertz CT molecular complexity index is 821. The van der Waals surface area contributed by atoms with Crippen LogP contribution in [0.4, 0.5) is 10.5 Å². The van der Waals surface area contributed by atoms with Crippen molar-refractivity contribution in [3.05, 3.63) is 52.7 Å². The molecule has 0 saturated heterocycles. The molecule has 28 heavy (non-hydrogen) atoms. The van der Waals surface area contributed by atoms with Gasteiger partial charge >= 0.3 is 12.0 Å². The smallest absolute Gasteiger partial charge is 0.329 e. The Kier molecular flexibility index (Phi) is 7.70. The highest BCUT2D eigenvalue weighted by molar-refractivity contribution is 7.12. The molecule has 1 heterocycles. The summed E-state index contributed by atoms with van der Waals surface area (Å²) in [6, 6.07) is 10.3. The molecule has 0 bridgehead atoms. The lowest BCUT2D eigenvalue weighted by Crippen LogP contribution is -2.46. The van der Waals surface area contributed by atoms with Crippen molar-refractivity contribution in [2.45, 2.75) is 19.9 Å². The third kappa shape index (κ3) is 6.51. The van der Waals surface area contributed by atoms with Gasteiger partial charge in [-0.05, 0) is 29.5 Å². The average molecular weight is 403 g/mol. The first-order valence-corrected chi connectivity index (χ1v) is 9.41. The SMILES string of the molecule is CC(C)[C@H](NC(=O)c1cccs1)C(=O)OCC(=O)NC(=O)Nc1ccccc1. The van der Waals surface area contributed by atoms with Crippen molar-refractivity contribution in [2.24, 2.45) is 5.92 Å². The molecule has 8 nitrogen and oxygen atoms in total. The van der Waals surface area contributed by atoms with Gasteiger partial charge in [0.05, 0.1) is 4.88 Å². The highest BCUT2D eigenvalue weighted by atomic mass is 32.1. The van der Waals surface area contributed by atoms with Crippen LogP contribution in [-0.4, -0.2) is 36.5 Å². The lowest BCUT2D eigenvalue weighted by atomic mass is 10.0. The van der Waals surface area contributed by atoms with E-state index in [4.69, 9.17) is 4.74 Å². The topological polar surface area (TPSA) is 114 Å². The first-order valence-electron chi connectivity index (χ1n) is 8.53. The molecular weight excluding hydrogens is 382 g/mol. The third-order valence-corrected chi connectivity index (χ3v) is 4.45. The van der Waals surface area contributed by atoms with Crippen LogP contribution in [0.5, 0.6) is 0 Å². The molecule has 1 aromatic heterocycles. The summed E-state index contributed by atoms with van der Waals surface area (Å²) in [6.07, 6.45) is 0. The number of imide groups is 1. The molecule has 0 fully saturated rings. The van der Waals surface area contributed by atoms with E-state index in [0.717, 1.165) is 0 Å². The predicted octanol–water partition coefficient (Wildman–Crippen LogP) is 2.39. The summed E-state index contributed by atoms with van der Waals surface area (Å²) in [5, 5.41) is 8.89. The minimum atomic E-state index is -0.916. The summed E-state index contributed by atoms with van der Waals surface area (Å²) in [7, 11) is 0. The molecule has 1 atom stereocenters. The van der Waals surface area contributed by atoms with Gasteiger partial charge in [0.2, 0.25) is 0 Å². The minimum absolute atomic E-state index is 0.249. The van der Waals surface area contributed by atoms with E-state index in [2.05, 4.69) is 16.0 Å². The number of esters is 1. The van der Waals surface area contributed by atoms with E-state index < -0.39 is 36.5 Å². The Balaban J connectivity index is 1.81. The maximum Gasteiger partial charge on any atom is 0.329 e. The van der Waals surface area contributed by atoms with Crippen LogP contribution in [0, 0.1) is 5.92 Å². The fourth-order valence-electron chi connectivity index (χ4n) is 2.19. The largest absolute Gasteiger partial charge is 0.454 e. The zero-order valence-electron chi connectivity index (χ0n) is 15.4. The van der Waals surface area contributed by atoms with Gasteiger partial charge in [-0.25, -0.2) is 9.59 Å². The number of hydrogen-bond acceptors (Lipinski definition) is 6. The van der Waals surface area contributed by atoms with Gasteiger partial charge in [0.25, 0.3) is 11.8 Å². The zero-order valence-corrected chi connectivity index (χ0v) is 16.2. The van der Waals surface area contributed by atoms with Crippen LogP contribution in [0.3, 0.4) is 0 Å². The monoisotopic (exact) mass is 403 g/mol. The summed E-state index contributed by atoms with van der Waals surface area (Å²) in [5.74, 6) is -2.18. The molecule has 148 valence electrons. The second-order valence-electron chi connectivity index (χ2n) is 6.15. The average Bonchev–Trinajstić information content (AvgIpc) is 3.19. The number of rotatable bonds is 7. The number of anilines is 1. The van der Waals surface area contributed by atoms with E-state index in [1.165, 1.54) is 11.3 Å². The van der Waals surface area contributed by atoms with E-state index in [0.29, 0.717) is 10.6 Å². The van der Waals surface area contributed by atoms with E-state index >= 15 is 0 Å². The second-order valence-corrected chi connectivity index (χ2v) is 7.10. The number of amides is 4. The van der Waals surface area contributed by atoms with Crippen LogP contribution >= 0.6 is 11.3 Å². The van der Waals surface area contributed by atoms with Crippen LogP contribution in [0.25, 0.3) is 0 Å². The molecule has 0 saturated carbocycles. The Labute approximate surface area is 166 Å². The first-order chi connectivity index (χ1) is 13.4. The first kappa shape index (κ1) is 21.1. The molecule has 0 aliphatic carbocycles. The number of carbonyl (C=O) groups excluding carboxylic acids is 4. The highest BCUT2D eigenvalue weighted by Crippen LogP contribution is 2.11.